The van der Waals surface area contributed by atoms with E-state index in [2.05, 4.69) is 20.3 Å². The standard InChI is InChI=1S/C17H21N5O2S/c1-11-4-2-6-13-16(11)22-14(21-13)8-24-9-15(23)19-7-3-5-12-10-25-17(18)20-12/h2,4,6,10H,3,5,7-9H2,1H3,(H2,18,20)(H,19,23)(H,21,22). The van der Waals surface area contributed by atoms with E-state index < -0.39 is 0 Å². The molecule has 0 aliphatic carbocycles. The molecule has 3 aromatic rings. The van der Waals surface area contributed by atoms with E-state index in [0.717, 1.165) is 41.0 Å². The van der Waals surface area contributed by atoms with Gasteiger partial charge in [-0.2, -0.15) is 0 Å². The summed E-state index contributed by atoms with van der Waals surface area (Å²) in [5, 5.41) is 5.35. The molecular formula is C17H21N5O2S. The molecule has 3 rings (SSSR count). The van der Waals surface area contributed by atoms with Crippen LogP contribution >= 0.6 is 11.3 Å². The SMILES string of the molecule is Cc1cccc2[nH]c(COCC(=O)NCCCc3csc(N)n3)nc12. The number of carbonyl (C=O) groups is 1. The lowest BCUT2D eigenvalue weighted by molar-refractivity contribution is -0.126. The van der Waals surface area contributed by atoms with Crippen molar-refractivity contribution in [3.8, 4) is 0 Å². The Morgan fingerprint density at radius 2 is 2.28 bits per heavy atom. The van der Waals surface area contributed by atoms with Crippen LogP contribution in [0.1, 0.15) is 23.5 Å². The number of H-pyrrole nitrogens is 1. The van der Waals surface area contributed by atoms with E-state index in [0.29, 0.717) is 11.7 Å². The van der Waals surface area contributed by atoms with Crippen molar-refractivity contribution in [1.29, 1.82) is 0 Å². The zero-order chi connectivity index (χ0) is 17.6. The molecule has 0 spiro atoms. The third-order valence-corrected chi connectivity index (χ3v) is 4.46. The molecule has 0 atom stereocenters. The number of fused-ring (bicyclic) bond motifs is 1. The zero-order valence-electron chi connectivity index (χ0n) is 14.0. The van der Waals surface area contributed by atoms with Gasteiger partial charge >= 0.3 is 0 Å². The number of nitrogens with one attached hydrogen (secondary N) is 2. The molecule has 0 unspecified atom stereocenters. The summed E-state index contributed by atoms with van der Waals surface area (Å²) in [7, 11) is 0. The predicted molar refractivity (Wildman–Crippen MR) is 98.3 cm³/mol. The van der Waals surface area contributed by atoms with Crippen molar-refractivity contribution in [1.82, 2.24) is 20.3 Å². The number of rotatable bonds is 8. The summed E-state index contributed by atoms with van der Waals surface area (Å²) in [6.45, 7) is 2.89. The Morgan fingerprint density at radius 3 is 3.04 bits per heavy atom. The highest BCUT2D eigenvalue weighted by atomic mass is 32.1. The van der Waals surface area contributed by atoms with E-state index in [9.17, 15) is 4.79 Å². The summed E-state index contributed by atoms with van der Waals surface area (Å²) in [6.07, 6.45) is 1.62. The molecule has 0 saturated heterocycles. The van der Waals surface area contributed by atoms with Crippen molar-refractivity contribution >= 4 is 33.4 Å². The maximum Gasteiger partial charge on any atom is 0.246 e. The molecule has 4 N–H and O–H groups in total. The summed E-state index contributed by atoms with van der Waals surface area (Å²) >= 11 is 1.43. The van der Waals surface area contributed by atoms with Crippen molar-refractivity contribution in [2.45, 2.75) is 26.4 Å². The van der Waals surface area contributed by atoms with Crippen LogP contribution in [0, 0.1) is 6.92 Å². The number of hydrogen-bond donors (Lipinski definition) is 3. The van der Waals surface area contributed by atoms with Gasteiger partial charge in [0.1, 0.15) is 19.0 Å². The number of hydrogen-bond acceptors (Lipinski definition) is 6. The van der Waals surface area contributed by atoms with E-state index >= 15 is 0 Å². The van der Waals surface area contributed by atoms with Gasteiger partial charge in [0.05, 0.1) is 16.7 Å². The number of ether oxygens (including phenoxy) is 1. The summed E-state index contributed by atoms with van der Waals surface area (Å²) in [6, 6.07) is 5.97. The van der Waals surface area contributed by atoms with Crippen LogP contribution in [-0.2, 0) is 22.6 Å². The highest BCUT2D eigenvalue weighted by Gasteiger charge is 2.07. The third-order valence-electron chi connectivity index (χ3n) is 3.74. The molecule has 132 valence electrons. The molecule has 0 aliphatic rings. The number of amides is 1. The van der Waals surface area contributed by atoms with Crippen LogP contribution < -0.4 is 11.1 Å². The summed E-state index contributed by atoms with van der Waals surface area (Å²) in [4.78, 5) is 23.6. The fourth-order valence-electron chi connectivity index (χ4n) is 2.52. The predicted octanol–water partition coefficient (Wildman–Crippen LogP) is 2.18. The molecule has 0 fully saturated rings. The lowest BCUT2D eigenvalue weighted by Gasteiger charge is -2.05. The fourth-order valence-corrected chi connectivity index (χ4v) is 3.12. The monoisotopic (exact) mass is 359 g/mol. The lowest BCUT2D eigenvalue weighted by Crippen LogP contribution is -2.28. The Labute approximate surface area is 149 Å². The first-order valence-corrected chi connectivity index (χ1v) is 8.98. The number of carbonyl (C=O) groups excluding carboxylic acids is 1. The van der Waals surface area contributed by atoms with Gasteiger partial charge in [-0.3, -0.25) is 4.79 Å². The number of anilines is 1. The van der Waals surface area contributed by atoms with E-state index in [-0.39, 0.29) is 19.1 Å². The second kappa shape index (κ2) is 8.09. The lowest BCUT2D eigenvalue weighted by atomic mass is 10.2. The minimum Gasteiger partial charge on any atom is -0.375 e. The molecule has 25 heavy (non-hydrogen) atoms. The summed E-state index contributed by atoms with van der Waals surface area (Å²) < 4.78 is 5.44. The Morgan fingerprint density at radius 1 is 1.40 bits per heavy atom. The van der Waals surface area contributed by atoms with Gasteiger partial charge in [-0.25, -0.2) is 9.97 Å². The number of nitrogens with zero attached hydrogens (tertiary/aromatic N) is 2. The Hall–Kier alpha value is -2.45. The number of benzene rings is 1. The smallest absolute Gasteiger partial charge is 0.246 e. The van der Waals surface area contributed by atoms with Crippen molar-refractivity contribution in [3.63, 3.8) is 0 Å². The topological polar surface area (TPSA) is 106 Å². The minimum absolute atomic E-state index is 0.0136. The second-order valence-corrected chi connectivity index (χ2v) is 6.67. The highest BCUT2D eigenvalue weighted by molar-refractivity contribution is 7.13. The van der Waals surface area contributed by atoms with Crippen molar-refractivity contribution < 1.29 is 9.53 Å². The molecule has 1 amide bonds. The van der Waals surface area contributed by atoms with Crippen LogP contribution in [0.25, 0.3) is 11.0 Å². The van der Waals surface area contributed by atoms with Gasteiger partial charge in [-0.15, -0.1) is 11.3 Å². The van der Waals surface area contributed by atoms with Crippen molar-refractivity contribution in [2.75, 3.05) is 18.9 Å². The number of thiazole rings is 1. The Kier molecular flexibility index (Phi) is 5.62. The normalized spacial score (nSPS) is 11.1. The van der Waals surface area contributed by atoms with Gasteiger partial charge in [-0.1, -0.05) is 12.1 Å². The molecule has 0 radical (unpaired) electrons. The van der Waals surface area contributed by atoms with E-state index in [4.69, 9.17) is 10.5 Å². The molecule has 0 saturated carbocycles. The van der Waals surface area contributed by atoms with Gasteiger partial charge in [-0.05, 0) is 31.4 Å². The Bertz CT molecular complexity index is 858. The number of nitrogen functional groups attached to an aromatic ring is 1. The molecule has 8 heteroatoms. The van der Waals surface area contributed by atoms with Crippen LogP contribution in [0.4, 0.5) is 5.13 Å². The van der Waals surface area contributed by atoms with Gasteiger partial charge in [0.15, 0.2) is 5.13 Å². The molecule has 0 bridgehead atoms. The first-order valence-electron chi connectivity index (χ1n) is 8.10. The fraction of sp³-hybridized carbons (Fsp3) is 0.353. The van der Waals surface area contributed by atoms with Crippen LogP contribution in [0.5, 0.6) is 0 Å². The highest BCUT2D eigenvalue weighted by Crippen LogP contribution is 2.15. The number of para-hydroxylation sites is 1. The summed E-state index contributed by atoms with van der Waals surface area (Å²) in [5.41, 5.74) is 9.57. The third kappa shape index (κ3) is 4.77. The number of imidazole rings is 1. The molecule has 7 nitrogen and oxygen atoms in total. The average molecular weight is 359 g/mol. The number of aromatic amines is 1. The van der Waals surface area contributed by atoms with Gasteiger partial charge < -0.3 is 20.8 Å². The average Bonchev–Trinajstić information content (AvgIpc) is 3.18. The number of aromatic nitrogens is 3. The molecular weight excluding hydrogens is 338 g/mol. The van der Waals surface area contributed by atoms with Crippen molar-refractivity contribution in [2.24, 2.45) is 0 Å². The minimum atomic E-state index is -0.134. The largest absolute Gasteiger partial charge is 0.375 e. The molecule has 2 heterocycles. The van der Waals surface area contributed by atoms with Gasteiger partial charge in [0.25, 0.3) is 0 Å². The van der Waals surface area contributed by atoms with Crippen LogP contribution in [-0.4, -0.2) is 34.0 Å². The van der Waals surface area contributed by atoms with Crippen LogP contribution in [0.15, 0.2) is 23.6 Å². The van der Waals surface area contributed by atoms with Crippen LogP contribution in [0.3, 0.4) is 0 Å². The molecule has 1 aromatic carbocycles. The van der Waals surface area contributed by atoms with E-state index in [1.807, 2.05) is 30.5 Å². The van der Waals surface area contributed by atoms with Crippen molar-refractivity contribution in [3.05, 3.63) is 40.7 Å². The Balaban J connectivity index is 1.35. The van der Waals surface area contributed by atoms with Gasteiger partial charge in [0, 0.05) is 11.9 Å². The quantitative estimate of drug-likeness (QED) is 0.535. The molecule has 0 aliphatic heterocycles. The van der Waals surface area contributed by atoms with Gasteiger partial charge in [0.2, 0.25) is 5.91 Å². The first kappa shape index (κ1) is 17.4. The maximum absolute atomic E-state index is 11.8. The summed E-state index contributed by atoms with van der Waals surface area (Å²) in [5.74, 6) is 0.586. The second-order valence-electron chi connectivity index (χ2n) is 5.78. The molecule has 2 aromatic heterocycles. The zero-order valence-corrected chi connectivity index (χ0v) is 14.9. The maximum atomic E-state index is 11.8. The first-order chi connectivity index (χ1) is 12.1. The van der Waals surface area contributed by atoms with E-state index in [1.165, 1.54) is 11.3 Å². The van der Waals surface area contributed by atoms with E-state index in [1.54, 1.807) is 0 Å². The number of nitrogens with two attached hydrogens (primary N) is 1. The number of aryl methyl sites for hydroxylation is 2. The van der Waals surface area contributed by atoms with Crippen LogP contribution in [0.2, 0.25) is 0 Å².